The van der Waals surface area contributed by atoms with Crippen molar-refractivity contribution in [2.75, 3.05) is 19.6 Å². The van der Waals surface area contributed by atoms with Crippen molar-refractivity contribution in [1.29, 1.82) is 0 Å². The molecule has 1 heterocycles. The summed E-state index contributed by atoms with van der Waals surface area (Å²) in [5.74, 6) is 1.99. The summed E-state index contributed by atoms with van der Waals surface area (Å²) in [7, 11) is 0. The number of hydrogen-bond acceptors (Lipinski definition) is 2. The van der Waals surface area contributed by atoms with Gasteiger partial charge in [0.15, 0.2) is 0 Å². The Kier molecular flexibility index (Phi) is 4.87. The summed E-state index contributed by atoms with van der Waals surface area (Å²) >= 11 is 0. The van der Waals surface area contributed by atoms with E-state index >= 15 is 0 Å². The molecule has 0 amide bonds. The van der Waals surface area contributed by atoms with Gasteiger partial charge in [0.2, 0.25) is 0 Å². The van der Waals surface area contributed by atoms with Gasteiger partial charge in [-0.15, -0.1) is 0 Å². The first-order chi connectivity index (χ1) is 8.16. The van der Waals surface area contributed by atoms with Crippen LogP contribution < -0.4 is 5.32 Å². The largest absolute Gasteiger partial charge is 0.317 e. The third-order valence-electron chi connectivity index (χ3n) is 4.53. The molecule has 1 N–H and O–H groups in total. The van der Waals surface area contributed by atoms with Gasteiger partial charge in [0.25, 0.3) is 0 Å². The van der Waals surface area contributed by atoms with Gasteiger partial charge < -0.3 is 5.32 Å². The van der Waals surface area contributed by atoms with Crippen molar-refractivity contribution in [3.63, 3.8) is 0 Å². The second kappa shape index (κ2) is 6.19. The summed E-state index contributed by atoms with van der Waals surface area (Å²) in [6.45, 7) is 11.0. The number of hydrogen-bond donors (Lipinski definition) is 1. The summed E-state index contributed by atoms with van der Waals surface area (Å²) in [6.07, 6.45) is 7.16. The number of piperidine rings is 1. The van der Waals surface area contributed by atoms with E-state index in [1.807, 2.05) is 0 Å². The van der Waals surface area contributed by atoms with Gasteiger partial charge in [-0.2, -0.15) is 0 Å². The molecule has 100 valence electrons. The smallest absolute Gasteiger partial charge is 0.00723 e. The van der Waals surface area contributed by atoms with Gasteiger partial charge >= 0.3 is 0 Å². The van der Waals surface area contributed by atoms with Crippen LogP contribution in [0.1, 0.15) is 52.9 Å². The summed E-state index contributed by atoms with van der Waals surface area (Å²) < 4.78 is 0. The molecule has 1 saturated carbocycles. The van der Waals surface area contributed by atoms with E-state index in [2.05, 4.69) is 31.0 Å². The Balaban J connectivity index is 1.81. The van der Waals surface area contributed by atoms with E-state index in [0.717, 1.165) is 17.9 Å². The maximum Gasteiger partial charge on any atom is 0.00723 e. The summed E-state index contributed by atoms with van der Waals surface area (Å²) in [4.78, 5) is 2.76. The van der Waals surface area contributed by atoms with E-state index in [4.69, 9.17) is 0 Å². The second-order valence-corrected chi connectivity index (χ2v) is 6.51. The van der Waals surface area contributed by atoms with Crippen LogP contribution in [0.4, 0.5) is 0 Å². The van der Waals surface area contributed by atoms with Gasteiger partial charge in [0.05, 0.1) is 0 Å². The molecule has 0 aromatic rings. The lowest BCUT2D eigenvalue weighted by molar-refractivity contribution is 0.116. The first-order valence-corrected chi connectivity index (χ1v) is 7.63. The molecule has 1 aliphatic carbocycles. The Hall–Kier alpha value is -0.0800. The molecule has 2 nitrogen and oxygen atoms in total. The molecule has 2 rings (SSSR count). The Morgan fingerprint density at radius 3 is 2.18 bits per heavy atom. The average molecular weight is 238 g/mol. The van der Waals surface area contributed by atoms with Crippen LogP contribution >= 0.6 is 0 Å². The standard InChI is InChI=1S/C15H30N2/c1-12(2)17(13(3)10-14-4-5-14)11-15-6-8-16-9-7-15/h12-16H,4-11H2,1-3H3. The fraction of sp³-hybridized carbons (Fsp3) is 1.00. The molecule has 2 fully saturated rings. The zero-order valence-corrected chi connectivity index (χ0v) is 11.9. The second-order valence-electron chi connectivity index (χ2n) is 6.51. The highest BCUT2D eigenvalue weighted by Crippen LogP contribution is 2.35. The summed E-state index contributed by atoms with van der Waals surface area (Å²) in [5.41, 5.74) is 0. The van der Waals surface area contributed by atoms with Crippen LogP contribution in [0.15, 0.2) is 0 Å². The van der Waals surface area contributed by atoms with Crippen LogP contribution in [-0.4, -0.2) is 36.6 Å². The van der Waals surface area contributed by atoms with Gasteiger partial charge in [-0.3, -0.25) is 4.90 Å². The Bertz CT molecular complexity index is 217. The molecule has 17 heavy (non-hydrogen) atoms. The van der Waals surface area contributed by atoms with Gasteiger partial charge in [0.1, 0.15) is 0 Å². The maximum absolute atomic E-state index is 3.47. The van der Waals surface area contributed by atoms with Crippen LogP contribution in [0.2, 0.25) is 0 Å². The zero-order valence-electron chi connectivity index (χ0n) is 11.9. The molecule has 0 aromatic carbocycles. The molecule has 1 aliphatic heterocycles. The topological polar surface area (TPSA) is 15.3 Å². The molecular formula is C15H30N2. The van der Waals surface area contributed by atoms with Gasteiger partial charge in [0, 0.05) is 18.6 Å². The van der Waals surface area contributed by atoms with E-state index in [0.29, 0.717) is 6.04 Å². The Morgan fingerprint density at radius 1 is 1.00 bits per heavy atom. The minimum Gasteiger partial charge on any atom is -0.317 e. The first-order valence-electron chi connectivity index (χ1n) is 7.63. The van der Waals surface area contributed by atoms with E-state index in [1.165, 1.54) is 51.7 Å². The van der Waals surface area contributed by atoms with Crippen LogP contribution in [-0.2, 0) is 0 Å². The van der Waals surface area contributed by atoms with Crippen molar-refractivity contribution in [3.05, 3.63) is 0 Å². The van der Waals surface area contributed by atoms with Gasteiger partial charge in [-0.05, 0) is 65.0 Å². The highest BCUT2D eigenvalue weighted by molar-refractivity contribution is 4.83. The molecule has 1 atom stereocenters. The predicted octanol–water partition coefficient (Wildman–Crippen LogP) is 2.89. The van der Waals surface area contributed by atoms with Crippen molar-refractivity contribution < 1.29 is 0 Å². The monoisotopic (exact) mass is 238 g/mol. The summed E-state index contributed by atoms with van der Waals surface area (Å²) in [6, 6.07) is 1.50. The molecule has 2 aliphatic rings. The van der Waals surface area contributed by atoms with Crippen molar-refractivity contribution in [3.8, 4) is 0 Å². The lowest BCUT2D eigenvalue weighted by atomic mass is 9.95. The van der Waals surface area contributed by atoms with Crippen molar-refractivity contribution in [2.45, 2.75) is 65.0 Å². The van der Waals surface area contributed by atoms with Crippen LogP contribution in [0.3, 0.4) is 0 Å². The Labute approximate surface area is 107 Å². The molecule has 1 saturated heterocycles. The van der Waals surface area contributed by atoms with Crippen LogP contribution in [0, 0.1) is 11.8 Å². The van der Waals surface area contributed by atoms with Crippen molar-refractivity contribution in [1.82, 2.24) is 10.2 Å². The number of rotatable bonds is 6. The Morgan fingerprint density at radius 2 is 1.65 bits per heavy atom. The molecule has 0 bridgehead atoms. The summed E-state index contributed by atoms with van der Waals surface area (Å²) in [5, 5.41) is 3.47. The molecule has 2 heteroatoms. The lowest BCUT2D eigenvalue weighted by Crippen LogP contribution is -2.44. The van der Waals surface area contributed by atoms with Gasteiger partial charge in [-0.25, -0.2) is 0 Å². The quantitative estimate of drug-likeness (QED) is 0.765. The minimum absolute atomic E-state index is 0.707. The SMILES string of the molecule is CC(C)N(CC1CCNCC1)C(C)CC1CC1. The first kappa shape index (κ1) is 13.4. The van der Waals surface area contributed by atoms with E-state index in [-0.39, 0.29) is 0 Å². The van der Waals surface area contributed by atoms with Crippen LogP contribution in [0.5, 0.6) is 0 Å². The van der Waals surface area contributed by atoms with Crippen molar-refractivity contribution >= 4 is 0 Å². The number of nitrogens with one attached hydrogen (secondary N) is 1. The minimum atomic E-state index is 0.707. The van der Waals surface area contributed by atoms with E-state index in [1.54, 1.807) is 0 Å². The van der Waals surface area contributed by atoms with Crippen molar-refractivity contribution in [2.24, 2.45) is 11.8 Å². The van der Waals surface area contributed by atoms with Gasteiger partial charge in [-0.1, -0.05) is 12.8 Å². The fourth-order valence-electron chi connectivity index (χ4n) is 3.23. The molecule has 0 radical (unpaired) electrons. The molecule has 0 spiro atoms. The maximum atomic E-state index is 3.47. The third kappa shape index (κ3) is 4.26. The highest BCUT2D eigenvalue weighted by atomic mass is 15.2. The third-order valence-corrected chi connectivity index (χ3v) is 4.53. The highest BCUT2D eigenvalue weighted by Gasteiger charge is 2.28. The lowest BCUT2D eigenvalue weighted by Gasteiger charge is -2.37. The fourth-order valence-corrected chi connectivity index (χ4v) is 3.23. The van der Waals surface area contributed by atoms with E-state index < -0.39 is 0 Å². The molecule has 1 unspecified atom stereocenters. The number of nitrogens with zero attached hydrogens (tertiary/aromatic N) is 1. The average Bonchev–Trinajstić information content (AvgIpc) is 3.10. The van der Waals surface area contributed by atoms with Crippen LogP contribution in [0.25, 0.3) is 0 Å². The van der Waals surface area contributed by atoms with E-state index in [9.17, 15) is 0 Å². The molecule has 0 aromatic heterocycles. The normalized spacial score (nSPS) is 24.5. The molecular weight excluding hydrogens is 208 g/mol. The zero-order chi connectivity index (χ0) is 12.3. The predicted molar refractivity (Wildman–Crippen MR) is 74.2 cm³/mol.